The second kappa shape index (κ2) is 30.8. The van der Waals surface area contributed by atoms with E-state index in [1.165, 1.54) is 212 Å². The molecule has 1 heterocycles. The van der Waals surface area contributed by atoms with E-state index in [1.807, 2.05) is 0 Å². The molecule has 0 aromatic heterocycles. The van der Waals surface area contributed by atoms with Crippen molar-refractivity contribution in [1.29, 1.82) is 0 Å². The van der Waals surface area contributed by atoms with Crippen LogP contribution >= 0.6 is 0 Å². The fraction of sp³-hybridized carbons (Fsp3) is 0.949. The van der Waals surface area contributed by atoms with Gasteiger partial charge in [0.1, 0.15) is 6.17 Å². The molecule has 244 valence electrons. The van der Waals surface area contributed by atoms with Crippen LogP contribution in [0.15, 0.2) is 12.4 Å². The van der Waals surface area contributed by atoms with E-state index in [4.69, 9.17) is 0 Å². The molecule has 0 aliphatic carbocycles. The maximum absolute atomic E-state index is 2.71. The highest BCUT2D eigenvalue weighted by Crippen LogP contribution is 2.24. The zero-order chi connectivity index (χ0) is 29.5. The molecule has 0 aromatic rings. The number of hydrogen-bond acceptors (Lipinski definition) is 2. The monoisotopic (exact) mass is 575 g/mol. The summed E-state index contributed by atoms with van der Waals surface area (Å²) in [5.74, 6) is 0. The van der Waals surface area contributed by atoms with E-state index in [0.29, 0.717) is 6.17 Å². The van der Waals surface area contributed by atoms with Crippen molar-refractivity contribution < 1.29 is 0 Å². The van der Waals surface area contributed by atoms with Crippen molar-refractivity contribution in [2.24, 2.45) is 0 Å². The Morgan fingerprint density at radius 1 is 0.317 bits per heavy atom. The second-order valence-corrected chi connectivity index (χ2v) is 13.6. The quantitative estimate of drug-likeness (QED) is 0.0719. The van der Waals surface area contributed by atoms with Gasteiger partial charge in [-0.1, -0.05) is 194 Å². The first kappa shape index (κ1) is 38.4. The molecule has 0 bridgehead atoms. The zero-order valence-electron chi connectivity index (χ0n) is 29.0. The smallest absolute Gasteiger partial charge is 0.101 e. The summed E-state index contributed by atoms with van der Waals surface area (Å²) in [5, 5.41) is 0. The summed E-state index contributed by atoms with van der Waals surface area (Å²) in [6.45, 7) is 9.48. The maximum Gasteiger partial charge on any atom is 0.101 e. The van der Waals surface area contributed by atoms with Crippen LogP contribution in [-0.4, -0.2) is 29.1 Å². The molecular formula is C39H78N2. The summed E-state index contributed by atoms with van der Waals surface area (Å²) in [7, 11) is 0. The summed E-state index contributed by atoms with van der Waals surface area (Å²) >= 11 is 0. The van der Waals surface area contributed by atoms with Gasteiger partial charge in [0, 0.05) is 25.5 Å². The van der Waals surface area contributed by atoms with Crippen molar-refractivity contribution in [2.75, 3.05) is 13.1 Å². The Kier molecular flexibility index (Phi) is 28.8. The third kappa shape index (κ3) is 23.5. The highest BCUT2D eigenvalue weighted by Gasteiger charge is 2.24. The number of unbranched alkanes of at least 4 members (excludes halogenated alkanes) is 27. The van der Waals surface area contributed by atoms with Crippen molar-refractivity contribution >= 4 is 0 Å². The van der Waals surface area contributed by atoms with Gasteiger partial charge in [-0.25, -0.2) is 0 Å². The van der Waals surface area contributed by atoms with Crippen molar-refractivity contribution in [3.63, 3.8) is 0 Å². The molecule has 1 atom stereocenters. The minimum absolute atomic E-state index is 0.641. The van der Waals surface area contributed by atoms with Crippen molar-refractivity contribution in [3.8, 4) is 0 Å². The number of rotatable bonds is 33. The van der Waals surface area contributed by atoms with Crippen molar-refractivity contribution in [3.05, 3.63) is 12.4 Å². The highest BCUT2D eigenvalue weighted by atomic mass is 15.4. The Morgan fingerprint density at radius 2 is 0.561 bits per heavy atom. The van der Waals surface area contributed by atoms with Gasteiger partial charge in [0.05, 0.1) is 0 Å². The molecule has 0 fully saturated rings. The van der Waals surface area contributed by atoms with Gasteiger partial charge in [0.15, 0.2) is 0 Å². The van der Waals surface area contributed by atoms with Crippen LogP contribution in [0.4, 0.5) is 0 Å². The van der Waals surface area contributed by atoms with Crippen LogP contribution in [-0.2, 0) is 0 Å². The molecule has 0 spiro atoms. The van der Waals surface area contributed by atoms with Gasteiger partial charge in [-0.3, -0.25) is 0 Å². The summed E-state index contributed by atoms with van der Waals surface area (Å²) in [6.07, 6.45) is 49.9. The lowest BCUT2D eigenvalue weighted by Gasteiger charge is -2.33. The highest BCUT2D eigenvalue weighted by molar-refractivity contribution is 4.97. The molecule has 2 nitrogen and oxygen atoms in total. The van der Waals surface area contributed by atoms with Crippen LogP contribution in [0.25, 0.3) is 0 Å². The van der Waals surface area contributed by atoms with E-state index in [9.17, 15) is 0 Å². The molecule has 2 heteroatoms. The third-order valence-electron chi connectivity index (χ3n) is 9.57. The first-order valence-corrected chi connectivity index (χ1v) is 19.5. The third-order valence-corrected chi connectivity index (χ3v) is 9.57. The van der Waals surface area contributed by atoms with Crippen LogP contribution in [0.5, 0.6) is 0 Å². The lowest BCUT2D eigenvalue weighted by atomic mass is 10.0. The predicted octanol–water partition coefficient (Wildman–Crippen LogP) is 13.6. The average Bonchev–Trinajstić information content (AvgIpc) is 3.37. The second-order valence-electron chi connectivity index (χ2n) is 13.6. The molecular weight excluding hydrogens is 496 g/mol. The van der Waals surface area contributed by atoms with E-state index in [0.717, 1.165) is 0 Å². The fourth-order valence-electron chi connectivity index (χ4n) is 6.72. The van der Waals surface area contributed by atoms with Gasteiger partial charge >= 0.3 is 0 Å². The molecule has 1 rings (SSSR count). The summed E-state index contributed by atoms with van der Waals surface area (Å²) < 4.78 is 0. The molecule has 1 aliphatic rings. The first-order chi connectivity index (χ1) is 20.3. The van der Waals surface area contributed by atoms with E-state index >= 15 is 0 Å². The molecule has 0 aromatic carbocycles. The van der Waals surface area contributed by atoms with E-state index in [2.05, 4.69) is 43.0 Å². The number of hydrogen-bond donors (Lipinski definition) is 0. The molecule has 41 heavy (non-hydrogen) atoms. The predicted molar refractivity (Wildman–Crippen MR) is 186 cm³/mol. The molecule has 0 N–H and O–H groups in total. The van der Waals surface area contributed by atoms with Crippen molar-refractivity contribution in [2.45, 2.75) is 226 Å². The summed E-state index contributed by atoms with van der Waals surface area (Å²) in [4.78, 5) is 5.41. The van der Waals surface area contributed by atoms with Gasteiger partial charge in [-0.05, 0) is 25.7 Å². The minimum Gasteiger partial charge on any atom is -0.356 e. The summed E-state index contributed by atoms with van der Waals surface area (Å²) in [6, 6.07) is 0. The standard InChI is InChI=1S/C39H78N2/c1-4-7-10-13-16-17-18-19-20-21-22-23-24-25-27-30-33-36-41-38-37-40(35-32-29-26-14-11-8-5-2)39(41)34-31-28-15-12-9-6-3/h37-39H,4-36H2,1-3H3. The zero-order valence-corrected chi connectivity index (χ0v) is 29.0. The molecule has 0 amide bonds. The van der Waals surface area contributed by atoms with Gasteiger partial charge in [0.25, 0.3) is 0 Å². The summed E-state index contributed by atoms with van der Waals surface area (Å²) in [5.41, 5.74) is 0. The molecule has 0 saturated carbocycles. The maximum atomic E-state index is 2.71. The Labute approximate surface area is 260 Å². The van der Waals surface area contributed by atoms with Crippen LogP contribution < -0.4 is 0 Å². The van der Waals surface area contributed by atoms with E-state index in [1.54, 1.807) is 0 Å². The lowest BCUT2D eigenvalue weighted by Crippen LogP contribution is -2.39. The lowest BCUT2D eigenvalue weighted by molar-refractivity contribution is 0.135. The SMILES string of the molecule is CCCCCCCCCCCCCCCCCCCN1C=CN(CCCCCCCCC)C1CCCCCCCC. The average molecular weight is 575 g/mol. The van der Waals surface area contributed by atoms with E-state index in [-0.39, 0.29) is 0 Å². The van der Waals surface area contributed by atoms with Crippen LogP contribution in [0.3, 0.4) is 0 Å². The Bertz CT molecular complexity index is 530. The Hall–Kier alpha value is -0.660. The normalized spacial score (nSPS) is 15.0. The van der Waals surface area contributed by atoms with Crippen LogP contribution in [0.1, 0.15) is 220 Å². The van der Waals surface area contributed by atoms with Gasteiger partial charge in [0.2, 0.25) is 0 Å². The number of nitrogens with zero attached hydrogens (tertiary/aromatic N) is 2. The van der Waals surface area contributed by atoms with Crippen molar-refractivity contribution in [1.82, 2.24) is 9.80 Å². The minimum atomic E-state index is 0.641. The topological polar surface area (TPSA) is 6.48 Å². The fourth-order valence-corrected chi connectivity index (χ4v) is 6.72. The van der Waals surface area contributed by atoms with Gasteiger partial charge < -0.3 is 9.80 Å². The van der Waals surface area contributed by atoms with Crippen LogP contribution in [0, 0.1) is 0 Å². The van der Waals surface area contributed by atoms with Gasteiger partial charge in [-0.15, -0.1) is 0 Å². The molecule has 0 radical (unpaired) electrons. The molecule has 0 saturated heterocycles. The van der Waals surface area contributed by atoms with Crippen LogP contribution in [0.2, 0.25) is 0 Å². The molecule has 1 unspecified atom stereocenters. The van der Waals surface area contributed by atoms with Gasteiger partial charge in [-0.2, -0.15) is 0 Å². The first-order valence-electron chi connectivity index (χ1n) is 19.5. The Balaban J connectivity index is 2.09. The largest absolute Gasteiger partial charge is 0.356 e. The van der Waals surface area contributed by atoms with E-state index < -0.39 is 0 Å². The molecule has 1 aliphatic heterocycles. The Morgan fingerprint density at radius 3 is 0.854 bits per heavy atom.